The summed E-state index contributed by atoms with van der Waals surface area (Å²) in [6, 6.07) is 14.0. The quantitative estimate of drug-likeness (QED) is 0.188. The number of carbonyl (C=O) groups excluding carboxylic acids is 2. The van der Waals surface area contributed by atoms with Crippen LogP contribution >= 0.6 is 23.2 Å². The minimum absolute atomic E-state index is 0.00179. The number of rotatable bonds is 13. The molecule has 2 aromatic carbocycles. The fourth-order valence-electron chi connectivity index (χ4n) is 4.21. The second-order valence-corrected chi connectivity index (χ2v) is 11.2. The van der Waals surface area contributed by atoms with Crippen LogP contribution in [-0.4, -0.2) is 62.2 Å². The highest BCUT2D eigenvalue weighted by Crippen LogP contribution is 2.38. The lowest BCUT2D eigenvalue weighted by Crippen LogP contribution is -2.40. The third-order valence-corrected chi connectivity index (χ3v) is 7.27. The minimum atomic E-state index is -0.423. The zero-order chi connectivity index (χ0) is 30.1. The monoisotopic (exact) mass is 600 g/mol. The molecule has 1 atom stereocenters. The molecule has 3 N–H and O–H groups in total. The van der Waals surface area contributed by atoms with Crippen molar-refractivity contribution >= 4 is 35.1 Å². The Kier molecular flexibility index (Phi) is 12.0. The molecule has 1 heterocycles. The van der Waals surface area contributed by atoms with Crippen molar-refractivity contribution < 1.29 is 19.1 Å². The van der Waals surface area contributed by atoms with Crippen LogP contribution in [0.4, 0.5) is 0 Å². The topological polar surface area (TPSA) is 107 Å². The Bertz CT molecular complexity index is 1360. The molecule has 220 valence electrons. The Labute approximate surface area is 252 Å². The summed E-state index contributed by atoms with van der Waals surface area (Å²) in [4.78, 5) is 32.2. The van der Waals surface area contributed by atoms with Gasteiger partial charge in [-0.2, -0.15) is 0 Å². The third-order valence-electron chi connectivity index (χ3n) is 6.63. The summed E-state index contributed by atoms with van der Waals surface area (Å²) in [5, 5.41) is 3.93. The van der Waals surface area contributed by atoms with Crippen molar-refractivity contribution in [3.63, 3.8) is 0 Å². The normalized spacial score (nSPS) is 12.0. The third kappa shape index (κ3) is 8.91. The first-order valence-corrected chi connectivity index (χ1v) is 14.2. The van der Waals surface area contributed by atoms with Gasteiger partial charge >= 0.3 is 5.97 Å². The average Bonchev–Trinajstić information content (AvgIpc) is 2.95. The summed E-state index contributed by atoms with van der Waals surface area (Å²) >= 11 is 13.1. The minimum Gasteiger partial charge on any atom is -0.492 e. The lowest BCUT2D eigenvalue weighted by Gasteiger charge is -2.21. The van der Waals surface area contributed by atoms with Crippen LogP contribution in [0.2, 0.25) is 10.0 Å². The number of ether oxygens (including phenoxy) is 2. The van der Waals surface area contributed by atoms with E-state index in [1.165, 1.54) is 7.11 Å². The van der Waals surface area contributed by atoms with Gasteiger partial charge in [0.1, 0.15) is 11.4 Å². The number of nitrogens with one attached hydrogen (secondary N) is 1. The zero-order valence-corrected chi connectivity index (χ0v) is 25.7. The number of hydrogen-bond acceptors (Lipinski definition) is 7. The number of amides is 1. The molecule has 0 unspecified atom stereocenters. The summed E-state index contributed by atoms with van der Waals surface area (Å²) in [5.74, 6) is -0.290. The van der Waals surface area contributed by atoms with Gasteiger partial charge in [-0.25, -0.2) is 4.98 Å². The summed E-state index contributed by atoms with van der Waals surface area (Å²) < 4.78 is 10.8. The molecular weight excluding hydrogens is 563 g/mol. The first-order chi connectivity index (χ1) is 19.5. The number of esters is 1. The van der Waals surface area contributed by atoms with Crippen LogP contribution in [0, 0.1) is 5.92 Å². The largest absolute Gasteiger partial charge is 0.492 e. The molecule has 0 bridgehead atoms. The highest BCUT2D eigenvalue weighted by molar-refractivity contribution is 6.33. The van der Waals surface area contributed by atoms with Crippen LogP contribution < -0.4 is 15.8 Å². The van der Waals surface area contributed by atoms with Crippen molar-refractivity contribution in [1.29, 1.82) is 0 Å². The standard InChI is InChI=1S/C31H38Cl2N4O4/c1-19(2)27(17-29(38)40-5)36-31(39)26-12-9-22(23-15-20(18-34)7-10-24(23)32)30(35-26)21-8-11-25(33)28(16-21)41-14-6-13-37(3)4/h7-12,15-16,19,27H,6,13-14,17-18,34H2,1-5H3,(H,36,39)/t27-/m0/s1. The molecule has 0 spiro atoms. The highest BCUT2D eigenvalue weighted by Gasteiger charge is 2.23. The number of methoxy groups -OCH3 is 1. The molecule has 0 aliphatic heterocycles. The predicted molar refractivity (Wildman–Crippen MR) is 164 cm³/mol. The molecule has 41 heavy (non-hydrogen) atoms. The van der Waals surface area contributed by atoms with Crippen LogP contribution in [0.5, 0.6) is 5.75 Å². The molecule has 10 heteroatoms. The van der Waals surface area contributed by atoms with Crippen molar-refractivity contribution in [3.05, 3.63) is 69.8 Å². The van der Waals surface area contributed by atoms with E-state index in [2.05, 4.69) is 10.2 Å². The zero-order valence-electron chi connectivity index (χ0n) is 24.2. The number of pyridine rings is 1. The van der Waals surface area contributed by atoms with Crippen LogP contribution in [0.25, 0.3) is 22.4 Å². The molecule has 0 saturated carbocycles. The van der Waals surface area contributed by atoms with Gasteiger partial charge in [0, 0.05) is 40.8 Å². The maximum absolute atomic E-state index is 13.4. The van der Waals surface area contributed by atoms with E-state index in [1.54, 1.807) is 18.2 Å². The number of carbonyl (C=O) groups is 2. The van der Waals surface area contributed by atoms with Gasteiger partial charge in [0.2, 0.25) is 0 Å². The SMILES string of the molecule is COC(=O)C[C@H](NC(=O)c1ccc(-c2cc(CN)ccc2Cl)c(-c2ccc(Cl)c(OCCCN(C)C)c2)n1)C(C)C. The summed E-state index contributed by atoms with van der Waals surface area (Å²) in [6.45, 7) is 5.57. The summed E-state index contributed by atoms with van der Waals surface area (Å²) in [6.07, 6.45) is 0.884. The van der Waals surface area contributed by atoms with Crippen molar-refractivity contribution in [2.75, 3.05) is 34.4 Å². The average molecular weight is 602 g/mol. The van der Waals surface area contributed by atoms with Gasteiger partial charge in [-0.3, -0.25) is 9.59 Å². The molecule has 0 radical (unpaired) electrons. The van der Waals surface area contributed by atoms with Crippen molar-refractivity contribution in [1.82, 2.24) is 15.2 Å². The molecule has 0 saturated heterocycles. The van der Waals surface area contributed by atoms with Crippen molar-refractivity contribution in [3.8, 4) is 28.1 Å². The Morgan fingerprint density at radius 2 is 1.76 bits per heavy atom. The first kappa shape index (κ1) is 32.3. The van der Waals surface area contributed by atoms with E-state index in [-0.39, 0.29) is 18.0 Å². The summed E-state index contributed by atoms with van der Waals surface area (Å²) in [7, 11) is 5.34. The van der Waals surface area contributed by atoms with E-state index in [0.29, 0.717) is 40.2 Å². The second-order valence-electron chi connectivity index (χ2n) is 10.4. The van der Waals surface area contributed by atoms with E-state index in [1.807, 2.05) is 58.3 Å². The number of benzene rings is 2. The van der Waals surface area contributed by atoms with E-state index in [0.717, 1.165) is 29.7 Å². The van der Waals surface area contributed by atoms with Gasteiger partial charge in [-0.05, 0) is 68.4 Å². The summed E-state index contributed by atoms with van der Waals surface area (Å²) in [5.41, 5.74) is 9.68. The Balaban J connectivity index is 2.07. The van der Waals surface area contributed by atoms with Gasteiger partial charge in [0.25, 0.3) is 5.91 Å². The van der Waals surface area contributed by atoms with E-state index < -0.39 is 17.9 Å². The number of nitrogens with zero attached hydrogens (tertiary/aromatic N) is 2. The van der Waals surface area contributed by atoms with Gasteiger partial charge in [0.15, 0.2) is 0 Å². The second kappa shape index (κ2) is 15.2. The van der Waals surface area contributed by atoms with Gasteiger partial charge in [0.05, 0.1) is 30.9 Å². The van der Waals surface area contributed by atoms with Gasteiger partial charge in [-0.15, -0.1) is 0 Å². The Morgan fingerprint density at radius 3 is 2.41 bits per heavy atom. The molecule has 3 rings (SSSR count). The van der Waals surface area contributed by atoms with Crippen LogP contribution in [-0.2, 0) is 16.1 Å². The van der Waals surface area contributed by atoms with Crippen LogP contribution in [0.1, 0.15) is 42.7 Å². The molecular formula is C31H38Cl2N4O4. The van der Waals surface area contributed by atoms with Crippen LogP contribution in [0.3, 0.4) is 0 Å². The van der Waals surface area contributed by atoms with Crippen molar-refractivity contribution in [2.24, 2.45) is 11.7 Å². The molecule has 3 aromatic rings. The number of hydrogen-bond donors (Lipinski definition) is 2. The maximum Gasteiger partial charge on any atom is 0.307 e. The lowest BCUT2D eigenvalue weighted by molar-refractivity contribution is -0.141. The fourth-order valence-corrected chi connectivity index (χ4v) is 4.60. The Hall–Kier alpha value is -3.17. The van der Waals surface area contributed by atoms with Crippen molar-refractivity contribution in [2.45, 2.75) is 39.3 Å². The van der Waals surface area contributed by atoms with E-state index in [4.69, 9.17) is 43.4 Å². The molecule has 0 fully saturated rings. The smallest absolute Gasteiger partial charge is 0.307 e. The fraction of sp³-hybridized carbons (Fsp3) is 0.387. The highest BCUT2D eigenvalue weighted by atomic mass is 35.5. The number of nitrogens with two attached hydrogens (primary N) is 1. The van der Waals surface area contributed by atoms with Gasteiger partial charge in [-0.1, -0.05) is 49.2 Å². The predicted octanol–water partition coefficient (Wildman–Crippen LogP) is 5.83. The van der Waals surface area contributed by atoms with Gasteiger partial charge < -0.3 is 25.4 Å². The number of aromatic nitrogens is 1. The molecule has 1 amide bonds. The maximum atomic E-state index is 13.4. The first-order valence-electron chi connectivity index (χ1n) is 13.5. The number of halogens is 2. The Morgan fingerprint density at radius 1 is 1.02 bits per heavy atom. The molecule has 0 aliphatic rings. The van der Waals surface area contributed by atoms with E-state index >= 15 is 0 Å². The molecule has 0 aliphatic carbocycles. The van der Waals surface area contributed by atoms with E-state index in [9.17, 15) is 9.59 Å². The van der Waals surface area contributed by atoms with Crippen LogP contribution in [0.15, 0.2) is 48.5 Å². The molecule has 1 aromatic heterocycles. The molecule has 8 nitrogen and oxygen atoms in total. The lowest BCUT2D eigenvalue weighted by atomic mass is 9.96.